The molecular formula is C20H19ClO2S. The van der Waals surface area contributed by atoms with Crippen molar-refractivity contribution in [3.8, 4) is 0 Å². The maximum absolute atomic E-state index is 12.4. The molecule has 0 unspecified atom stereocenters. The van der Waals surface area contributed by atoms with Crippen LogP contribution in [0.1, 0.15) is 29.9 Å². The van der Waals surface area contributed by atoms with Crippen LogP contribution in [-0.4, -0.2) is 22.6 Å². The molecule has 0 saturated heterocycles. The van der Waals surface area contributed by atoms with Crippen LogP contribution < -0.4 is 0 Å². The number of rotatable bonds is 5. The molecule has 1 aliphatic rings. The van der Waals surface area contributed by atoms with Crippen molar-refractivity contribution in [2.75, 3.05) is 5.75 Å². The van der Waals surface area contributed by atoms with Crippen LogP contribution in [0.5, 0.6) is 0 Å². The highest BCUT2D eigenvalue weighted by Crippen LogP contribution is 2.34. The van der Waals surface area contributed by atoms with E-state index in [4.69, 9.17) is 11.6 Å². The summed E-state index contributed by atoms with van der Waals surface area (Å²) in [4.78, 5) is 24.9. The highest BCUT2D eigenvalue weighted by atomic mass is 35.5. The second kappa shape index (κ2) is 8.00. The molecule has 0 heterocycles. The van der Waals surface area contributed by atoms with Gasteiger partial charge in [0.2, 0.25) is 0 Å². The van der Waals surface area contributed by atoms with Gasteiger partial charge in [-0.25, -0.2) is 0 Å². The largest absolute Gasteiger partial charge is 0.298 e. The van der Waals surface area contributed by atoms with Gasteiger partial charge in [0, 0.05) is 17.9 Å². The van der Waals surface area contributed by atoms with E-state index in [-0.39, 0.29) is 17.5 Å². The van der Waals surface area contributed by atoms with Crippen molar-refractivity contribution >= 4 is 34.9 Å². The number of halogens is 1. The molecule has 2 aromatic rings. The lowest BCUT2D eigenvalue weighted by Crippen LogP contribution is -2.35. The number of hydrogen-bond acceptors (Lipinski definition) is 3. The molecule has 0 N–H and O–H groups in total. The Morgan fingerprint density at radius 1 is 0.958 bits per heavy atom. The van der Waals surface area contributed by atoms with Crippen LogP contribution in [-0.2, 0) is 16.0 Å². The fourth-order valence-corrected chi connectivity index (χ4v) is 4.43. The first-order chi connectivity index (χ1) is 11.6. The van der Waals surface area contributed by atoms with Crippen molar-refractivity contribution in [3.63, 3.8) is 0 Å². The third-order valence-electron chi connectivity index (χ3n) is 4.32. The molecule has 2 aromatic carbocycles. The summed E-state index contributed by atoms with van der Waals surface area (Å²) in [6.45, 7) is 0. The van der Waals surface area contributed by atoms with Gasteiger partial charge in [-0.1, -0.05) is 54.1 Å². The molecule has 124 valence electrons. The molecule has 1 fully saturated rings. The van der Waals surface area contributed by atoms with Crippen LogP contribution in [0.2, 0.25) is 5.02 Å². The van der Waals surface area contributed by atoms with Crippen LogP contribution in [0.3, 0.4) is 0 Å². The minimum absolute atomic E-state index is 0.0327. The van der Waals surface area contributed by atoms with E-state index in [9.17, 15) is 9.59 Å². The topological polar surface area (TPSA) is 34.1 Å². The molecule has 0 spiro atoms. The number of ketones is 2. The van der Waals surface area contributed by atoms with E-state index in [2.05, 4.69) is 12.1 Å². The predicted octanol–water partition coefficient (Wildman–Crippen LogP) is 4.70. The molecule has 2 nitrogen and oxygen atoms in total. The molecule has 0 radical (unpaired) electrons. The van der Waals surface area contributed by atoms with Gasteiger partial charge in [0.25, 0.3) is 0 Å². The summed E-state index contributed by atoms with van der Waals surface area (Å²) in [6, 6.07) is 17.6. The molecule has 1 aliphatic carbocycles. The van der Waals surface area contributed by atoms with Crippen LogP contribution in [0.4, 0.5) is 0 Å². The zero-order chi connectivity index (χ0) is 16.9. The van der Waals surface area contributed by atoms with Gasteiger partial charge in [-0.2, -0.15) is 0 Å². The summed E-state index contributed by atoms with van der Waals surface area (Å²) in [5.41, 5.74) is 2.22. The van der Waals surface area contributed by atoms with Gasteiger partial charge in [-0.05, 0) is 41.4 Å². The normalized spacial score (nSPS) is 21.0. The molecule has 24 heavy (non-hydrogen) atoms. The zero-order valence-electron chi connectivity index (χ0n) is 13.3. The Bertz CT molecular complexity index is 711. The fourth-order valence-electron chi connectivity index (χ4n) is 3.07. The van der Waals surface area contributed by atoms with E-state index < -0.39 is 5.25 Å². The summed E-state index contributed by atoms with van der Waals surface area (Å²) >= 11 is 7.50. The molecule has 0 aliphatic heterocycles. The second-order valence-corrected chi connectivity index (χ2v) is 7.73. The fraction of sp³-hybridized carbons (Fsp3) is 0.300. The maximum Gasteiger partial charge on any atom is 0.153 e. The number of Topliss-reactive ketones (excluding diaryl/α,β-unsaturated/α-hetero) is 2. The number of benzene rings is 2. The average molecular weight is 359 g/mol. The predicted molar refractivity (Wildman–Crippen MR) is 99.8 cm³/mol. The van der Waals surface area contributed by atoms with Crippen molar-refractivity contribution in [1.29, 1.82) is 0 Å². The minimum Gasteiger partial charge on any atom is -0.298 e. The van der Waals surface area contributed by atoms with Crippen molar-refractivity contribution in [1.82, 2.24) is 0 Å². The van der Waals surface area contributed by atoms with Crippen molar-refractivity contribution in [2.45, 2.75) is 30.4 Å². The smallest absolute Gasteiger partial charge is 0.153 e. The van der Waals surface area contributed by atoms with Crippen LogP contribution in [0, 0.1) is 0 Å². The van der Waals surface area contributed by atoms with Gasteiger partial charge in [0.15, 0.2) is 11.6 Å². The van der Waals surface area contributed by atoms with E-state index in [1.54, 1.807) is 6.07 Å². The van der Waals surface area contributed by atoms with Crippen LogP contribution >= 0.6 is 23.4 Å². The Morgan fingerprint density at radius 3 is 2.33 bits per heavy atom. The lowest BCUT2D eigenvalue weighted by atomic mass is 9.82. The van der Waals surface area contributed by atoms with Gasteiger partial charge >= 0.3 is 0 Å². The number of hydrogen-bond donors (Lipinski definition) is 0. The molecule has 0 amide bonds. The molecule has 4 heteroatoms. The lowest BCUT2D eigenvalue weighted by Gasteiger charge is -2.26. The Morgan fingerprint density at radius 2 is 1.67 bits per heavy atom. The van der Waals surface area contributed by atoms with Crippen molar-refractivity contribution in [2.24, 2.45) is 0 Å². The Labute approximate surface area is 151 Å². The highest BCUT2D eigenvalue weighted by Gasteiger charge is 2.36. The first kappa shape index (κ1) is 17.2. The number of aryl methyl sites for hydroxylation is 1. The molecule has 0 aromatic heterocycles. The summed E-state index contributed by atoms with van der Waals surface area (Å²) in [5, 5.41) is 0.149. The summed E-state index contributed by atoms with van der Waals surface area (Å²) in [5.74, 6) is 0.854. The van der Waals surface area contributed by atoms with Crippen LogP contribution in [0.25, 0.3) is 0 Å². The number of thioether (sulfide) groups is 1. The van der Waals surface area contributed by atoms with E-state index in [1.807, 2.05) is 36.4 Å². The molecule has 0 bridgehead atoms. The van der Waals surface area contributed by atoms with Gasteiger partial charge in [0.1, 0.15) is 5.25 Å². The third kappa shape index (κ3) is 4.28. The van der Waals surface area contributed by atoms with Gasteiger partial charge < -0.3 is 0 Å². The van der Waals surface area contributed by atoms with E-state index in [0.717, 1.165) is 17.7 Å². The average Bonchev–Trinajstić information content (AvgIpc) is 2.58. The number of carbonyl (C=O) groups excluding carboxylic acids is 2. The SMILES string of the molecule is O=C1CC(c2cccc(Cl)c2)CC(=O)C1SCCc1ccccc1. The number of carbonyl (C=O) groups is 2. The van der Waals surface area contributed by atoms with Crippen LogP contribution in [0.15, 0.2) is 54.6 Å². The van der Waals surface area contributed by atoms with Gasteiger partial charge in [-0.3, -0.25) is 9.59 Å². The first-order valence-electron chi connectivity index (χ1n) is 8.10. The second-order valence-electron chi connectivity index (χ2n) is 6.08. The first-order valence-corrected chi connectivity index (χ1v) is 9.52. The van der Waals surface area contributed by atoms with Gasteiger partial charge in [0.05, 0.1) is 0 Å². The zero-order valence-corrected chi connectivity index (χ0v) is 14.9. The molecule has 3 rings (SSSR count). The summed E-state index contributed by atoms with van der Waals surface area (Å²) in [7, 11) is 0. The van der Waals surface area contributed by atoms with E-state index in [0.29, 0.717) is 17.9 Å². The lowest BCUT2D eigenvalue weighted by molar-refractivity contribution is -0.129. The molecule has 0 atom stereocenters. The van der Waals surface area contributed by atoms with E-state index in [1.165, 1.54) is 17.3 Å². The maximum atomic E-state index is 12.4. The molecular weight excluding hydrogens is 340 g/mol. The minimum atomic E-state index is -0.496. The molecule has 1 saturated carbocycles. The Hall–Kier alpha value is -1.58. The van der Waals surface area contributed by atoms with Gasteiger partial charge in [-0.15, -0.1) is 11.8 Å². The third-order valence-corrected chi connectivity index (χ3v) is 5.85. The highest BCUT2D eigenvalue weighted by molar-refractivity contribution is 8.01. The Balaban J connectivity index is 1.58. The van der Waals surface area contributed by atoms with Crippen molar-refractivity contribution < 1.29 is 9.59 Å². The van der Waals surface area contributed by atoms with E-state index >= 15 is 0 Å². The quantitative estimate of drug-likeness (QED) is 0.726. The standard InChI is InChI=1S/C20H19ClO2S/c21-17-8-4-7-15(11-17)16-12-18(22)20(19(23)13-16)24-10-9-14-5-2-1-3-6-14/h1-8,11,16,20H,9-10,12-13H2. The monoisotopic (exact) mass is 358 g/mol. The summed E-state index contributed by atoms with van der Waals surface area (Å²) in [6.07, 6.45) is 1.73. The van der Waals surface area contributed by atoms with Crippen molar-refractivity contribution in [3.05, 3.63) is 70.7 Å². The summed E-state index contributed by atoms with van der Waals surface area (Å²) < 4.78 is 0. The Kier molecular flexibility index (Phi) is 5.75.